The predicted octanol–water partition coefficient (Wildman–Crippen LogP) is 2.57. The lowest BCUT2D eigenvalue weighted by Crippen LogP contribution is -2.18. The molecule has 86 valence electrons. The molecule has 0 heterocycles. The van der Waals surface area contributed by atoms with Crippen molar-refractivity contribution in [2.75, 3.05) is 7.11 Å². The van der Waals surface area contributed by atoms with Gasteiger partial charge in [0, 0.05) is 6.04 Å². The molecular weight excluding hydrogens is 210 g/mol. The lowest BCUT2D eigenvalue weighted by Gasteiger charge is -2.11. The fourth-order valence-electron chi connectivity index (χ4n) is 1.60. The molecule has 0 aliphatic carbocycles. The highest BCUT2D eigenvalue weighted by Crippen LogP contribution is 2.19. The van der Waals surface area contributed by atoms with Crippen molar-refractivity contribution in [2.24, 2.45) is 5.73 Å². The molecule has 2 nitrogen and oxygen atoms in total. The maximum Gasteiger partial charge on any atom is 0.119 e. The fourth-order valence-corrected chi connectivity index (χ4v) is 1.60. The van der Waals surface area contributed by atoms with Crippen LogP contribution in [0.25, 0.3) is 0 Å². The van der Waals surface area contributed by atoms with Crippen molar-refractivity contribution in [1.29, 1.82) is 0 Å². The van der Waals surface area contributed by atoms with E-state index in [-0.39, 0.29) is 18.4 Å². The third-order valence-electron chi connectivity index (χ3n) is 2.34. The molecule has 1 atom stereocenters. The van der Waals surface area contributed by atoms with Gasteiger partial charge in [0.25, 0.3) is 0 Å². The van der Waals surface area contributed by atoms with Gasteiger partial charge in [-0.2, -0.15) is 0 Å². The van der Waals surface area contributed by atoms with Crippen LogP contribution in [0.15, 0.2) is 18.2 Å². The van der Waals surface area contributed by atoms with E-state index in [9.17, 15) is 0 Å². The Bertz CT molecular complexity index is 300. The maximum absolute atomic E-state index is 5.79. The summed E-state index contributed by atoms with van der Waals surface area (Å²) in [5.74, 6) is 0.926. The Balaban J connectivity index is 0.00000196. The standard InChI is InChI=1S/C12H19NO.ClH/c1-4-10-8-12(14-3)6-5-11(10)7-9(2)13;/h5-6,8-9H,4,7,13H2,1-3H3;1H. The van der Waals surface area contributed by atoms with Crippen LogP contribution in [0, 0.1) is 0 Å². The topological polar surface area (TPSA) is 35.2 Å². The first-order valence-corrected chi connectivity index (χ1v) is 5.08. The van der Waals surface area contributed by atoms with E-state index in [2.05, 4.69) is 19.1 Å². The molecular formula is C12H20ClNO. The monoisotopic (exact) mass is 229 g/mol. The van der Waals surface area contributed by atoms with Crippen LogP contribution in [0.5, 0.6) is 5.75 Å². The third-order valence-corrected chi connectivity index (χ3v) is 2.34. The van der Waals surface area contributed by atoms with Crippen molar-refractivity contribution < 1.29 is 4.74 Å². The second-order valence-electron chi connectivity index (χ2n) is 3.67. The van der Waals surface area contributed by atoms with Gasteiger partial charge in [-0.15, -0.1) is 12.4 Å². The molecule has 2 N–H and O–H groups in total. The summed E-state index contributed by atoms with van der Waals surface area (Å²) in [6.45, 7) is 4.18. The van der Waals surface area contributed by atoms with E-state index in [1.54, 1.807) is 7.11 Å². The van der Waals surface area contributed by atoms with E-state index in [4.69, 9.17) is 10.5 Å². The number of ether oxygens (including phenoxy) is 1. The molecule has 1 aromatic carbocycles. The van der Waals surface area contributed by atoms with Gasteiger partial charge in [-0.3, -0.25) is 0 Å². The van der Waals surface area contributed by atoms with Crippen LogP contribution in [-0.4, -0.2) is 13.2 Å². The summed E-state index contributed by atoms with van der Waals surface area (Å²) < 4.78 is 5.19. The molecule has 0 amide bonds. The van der Waals surface area contributed by atoms with Gasteiger partial charge in [0.05, 0.1) is 7.11 Å². The third kappa shape index (κ3) is 4.10. The largest absolute Gasteiger partial charge is 0.497 e. The van der Waals surface area contributed by atoms with Crippen molar-refractivity contribution in [3.05, 3.63) is 29.3 Å². The summed E-state index contributed by atoms with van der Waals surface area (Å²) in [5.41, 5.74) is 8.46. The first-order chi connectivity index (χ1) is 6.67. The van der Waals surface area contributed by atoms with E-state index in [0.717, 1.165) is 18.6 Å². The van der Waals surface area contributed by atoms with E-state index >= 15 is 0 Å². The van der Waals surface area contributed by atoms with Gasteiger partial charge in [-0.25, -0.2) is 0 Å². The molecule has 15 heavy (non-hydrogen) atoms. The maximum atomic E-state index is 5.79. The quantitative estimate of drug-likeness (QED) is 0.862. The molecule has 0 spiro atoms. The highest BCUT2D eigenvalue weighted by atomic mass is 35.5. The lowest BCUT2D eigenvalue weighted by atomic mass is 9.99. The van der Waals surface area contributed by atoms with E-state index in [1.807, 2.05) is 13.0 Å². The zero-order valence-corrected chi connectivity index (χ0v) is 10.4. The van der Waals surface area contributed by atoms with Gasteiger partial charge in [0.2, 0.25) is 0 Å². The number of nitrogens with two attached hydrogens (primary N) is 1. The summed E-state index contributed by atoms with van der Waals surface area (Å²) in [5, 5.41) is 0. The molecule has 0 aliphatic rings. The Kier molecular flexibility index (Phi) is 6.37. The summed E-state index contributed by atoms with van der Waals surface area (Å²) in [6.07, 6.45) is 1.96. The van der Waals surface area contributed by atoms with Crippen molar-refractivity contribution >= 4 is 12.4 Å². The predicted molar refractivity (Wildman–Crippen MR) is 67.0 cm³/mol. The first kappa shape index (κ1) is 14.3. The molecule has 0 aromatic heterocycles. The summed E-state index contributed by atoms with van der Waals surface area (Å²) >= 11 is 0. The Morgan fingerprint density at radius 3 is 2.47 bits per heavy atom. The van der Waals surface area contributed by atoms with Crippen LogP contribution in [0.4, 0.5) is 0 Å². The lowest BCUT2D eigenvalue weighted by molar-refractivity contribution is 0.414. The second kappa shape index (κ2) is 6.70. The SMILES string of the molecule is CCc1cc(OC)ccc1CC(C)N.Cl. The van der Waals surface area contributed by atoms with Crippen LogP contribution in [-0.2, 0) is 12.8 Å². The van der Waals surface area contributed by atoms with Crippen molar-refractivity contribution in [3.8, 4) is 5.75 Å². The molecule has 0 bridgehead atoms. The average molecular weight is 230 g/mol. The van der Waals surface area contributed by atoms with Gasteiger partial charge in [-0.05, 0) is 43.0 Å². The smallest absolute Gasteiger partial charge is 0.119 e. The van der Waals surface area contributed by atoms with Gasteiger partial charge in [0.1, 0.15) is 5.75 Å². The Hall–Kier alpha value is -0.730. The zero-order valence-electron chi connectivity index (χ0n) is 9.62. The van der Waals surface area contributed by atoms with Crippen molar-refractivity contribution in [3.63, 3.8) is 0 Å². The normalized spacial score (nSPS) is 11.7. The van der Waals surface area contributed by atoms with Crippen LogP contribution in [0.2, 0.25) is 0 Å². The number of hydrogen-bond donors (Lipinski definition) is 1. The molecule has 0 radical (unpaired) electrons. The first-order valence-electron chi connectivity index (χ1n) is 5.08. The molecule has 1 rings (SSSR count). The van der Waals surface area contributed by atoms with Crippen molar-refractivity contribution in [2.45, 2.75) is 32.7 Å². The summed E-state index contributed by atoms with van der Waals surface area (Å²) in [6, 6.07) is 6.42. The molecule has 1 aromatic rings. The van der Waals surface area contributed by atoms with E-state index < -0.39 is 0 Å². The van der Waals surface area contributed by atoms with E-state index in [1.165, 1.54) is 11.1 Å². The minimum Gasteiger partial charge on any atom is -0.497 e. The molecule has 0 fully saturated rings. The minimum absolute atomic E-state index is 0. The number of methoxy groups -OCH3 is 1. The molecule has 0 saturated heterocycles. The van der Waals surface area contributed by atoms with Crippen LogP contribution in [0.1, 0.15) is 25.0 Å². The van der Waals surface area contributed by atoms with Gasteiger partial charge in [-0.1, -0.05) is 13.0 Å². The van der Waals surface area contributed by atoms with Gasteiger partial charge in [0.15, 0.2) is 0 Å². The number of halogens is 1. The minimum atomic E-state index is 0. The molecule has 3 heteroatoms. The Morgan fingerprint density at radius 1 is 1.33 bits per heavy atom. The number of benzene rings is 1. The summed E-state index contributed by atoms with van der Waals surface area (Å²) in [7, 11) is 1.69. The highest BCUT2D eigenvalue weighted by molar-refractivity contribution is 5.85. The molecule has 0 aliphatic heterocycles. The van der Waals surface area contributed by atoms with Crippen LogP contribution < -0.4 is 10.5 Å². The number of rotatable bonds is 4. The number of aryl methyl sites for hydroxylation is 1. The zero-order chi connectivity index (χ0) is 10.6. The second-order valence-corrected chi connectivity index (χ2v) is 3.67. The summed E-state index contributed by atoms with van der Waals surface area (Å²) in [4.78, 5) is 0. The molecule has 1 unspecified atom stereocenters. The Labute approximate surface area is 98.2 Å². The van der Waals surface area contributed by atoms with Crippen LogP contribution >= 0.6 is 12.4 Å². The number of hydrogen-bond acceptors (Lipinski definition) is 2. The fraction of sp³-hybridized carbons (Fsp3) is 0.500. The van der Waals surface area contributed by atoms with E-state index in [0.29, 0.717) is 0 Å². The van der Waals surface area contributed by atoms with Gasteiger partial charge >= 0.3 is 0 Å². The van der Waals surface area contributed by atoms with Gasteiger partial charge < -0.3 is 10.5 Å². The molecule has 0 saturated carbocycles. The highest BCUT2D eigenvalue weighted by Gasteiger charge is 2.04. The average Bonchev–Trinajstić information content (AvgIpc) is 2.17. The Morgan fingerprint density at radius 2 is 2.00 bits per heavy atom. The van der Waals surface area contributed by atoms with Crippen LogP contribution in [0.3, 0.4) is 0 Å². The van der Waals surface area contributed by atoms with Crippen molar-refractivity contribution in [1.82, 2.24) is 0 Å².